The highest BCUT2D eigenvalue weighted by atomic mass is 16.5. The number of rotatable bonds is 3. The zero-order chi connectivity index (χ0) is 12.3. The normalized spacial score (nSPS) is 21.1. The van der Waals surface area contributed by atoms with Crippen LogP contribution in [0.5, 0.6) is 0 Å². The molecule has 17 heavy (non-hydrogen) atoms. The first-order chi connectivity index (χ1) is 8.18. The minimum absolute atomic E-state index is 0.0693. The first kappa shape index (κ1) is 12.5. The lowest BCUT2D eigenvalue weighted by Crippen LogP contribution is -2.44. The van der Waals surface area contributed by atoms with Crippen LogP contribution in [0.4, 0.5) is 0 Å². The van der Waals surface area contributed by atoms with E-state index in [0.29, 0.717) is 0 Å². The van der Waals surface area contributed by atoms with Gasteiger partial charge in [0.1, 0.15) is 0 Å². The maximum absolute atomic E-state index is 6.42. The van der Waals surface area contributed by atoms with Crippen LogP contribution in [-0.2, 0) is 4.74 Å². The molecule has 0 saturated heterocycles. The van der Waals surface area contributed by atoms with Crippen LogP contribution in [-0.4, -0.2) is 17.7 Å². The third-order valence-corrected chi connectivity index (χ3v) is 3.93. The first-order valence-corrected chi connectivity index (χ1v) is 6.40. The Hall–Kier alpha value is -0.930. The lowest BCUT2D eigenvalue weighted by molar-refractivity contribution is -0.0596. The van der Waals surface area contributed by atoms with Gasteiger partial charge in [-0.25, -0.2) is 0 Å². The van der Waals surface area contributed by atoms with Crippen LogP contribution in [0.2, 0.25) is 0 Å². The molecule has 1 saturated carbocycles. The summed E-state index contributed by atoms with van der Waals surface area (Å²) in [6, 6.07) is 2.05. The molecule has 0 aliphatic heterocycles. The van der Waals surface area contributed by atoms with E-state index in [4.69, 9.17) is 10.5 Å². The lowest BCUT2D eigenvalue weighted by atomic mass is 9.77. The van der Waals surface area contributed by atoms with Crippen molar-refractivity contribution in [3.05, 3.63) is 29.6 Å². The van der Waals surface area contributed by atoms with Crippen molar-refractivity contribution in [1.29, 1.82) is 0 Å². The maximum atomic E-state index is 6.42. The van der Waals surface area contributed by atoms with Crippen LogP contribution in [0.15, 0.2) is 18.5 Å². The highest BCUT2D eigenvalue weighted by Crippen LogP contribution is 2.39. The summed E-state index contributed by atoms with van der Waals surface area (Å²) < 4.78 is 5.78. The molecule has 0 amide bonds. The third-order valence-electron chi connectivity index (χ3n) is 3.93. The van der Waals surface area contributed by atoms with Crippen LogP contribution in [0.25, 0.3) is 0 Å². The van der Waals surface area contributed by atoms with E-state index in [1.165, 1.54) is 19.3 Å². The van der Waals surface area contributed by atoms with Gasteiger partial charge in [-0.05, 0) is 30.9 Å². The van der Waals surface area contributed by atoms with Crippen LogP contribution in [0.3, 0.4) is 0 Å². The van der Waals surface area contributed by atoms with Crippen molar-refractivity contribution in [3.8, 4) is 0 Å². The van der Waals surface area contributed by atoms with E-state index in [9.17, 15) is 0 Å². The van der Waals surface area contributed by atoms with E-state index in [1.807, 2.05) is 19.3 Å². The molecule has 1 heterocycles. The summed E-state index contributed by atoms with van der Waals surface area (Å²) in [6.45, 7) is 2.05. The van der Waals surface area contributed by atoms with Crippen molar-refractivity contribution >= 4 is 0 Å². The van der Waals surface area contributed by atoms with Crippen molar-refractivity contribution in [2.75, 3.05) is 7.11 Å². The fourth-order valence-electron chi connectivity index (χ4n) is 2.84. The van der Waals surface area contributed by atoms with Gasteiger partial charge >= 0.3 is 0 Å². The summed E-state index contributed by atoms with van der Waals surface area (Å²) in [5.41, 5.74) is 8.48. The molecular weight excluding hydrogens is 212 g/mol. The zero-order valence-electron chi connectivity index (χ0n) is 10.8. The second-order valence-electron chi connectivity index (χ2n) is 5.10. The second-order valence-corrected chi connectivity index (χ2v) is 5.10. The van der Waals surface area contributed by atoms with E-state index >= 15 is 0 Å². The summed E-state index contributed by atoms with van der Waals surface area (Å²) in [6.07, 6.45) is 9.55. The molecule has 1 atom stereocenters. The van der Waals surface area contributed by atoms with Gasteiger partial charge in [0.05, 0.1) is 11.6 Å². The van der Waals surface area contributed by atoms with Gasteiger partial charge in [0.25, 0.3) is 0 Å². The Morgan fingerprint density at radius 2 is 2.00 bits per heavy atom. The Balaban J connectivity index is 2.24. The molecule has 1 aliphatic carbocycles. The highest BCUT2D eigenvalue weighted by molar-refractivity contribution is 5.23. The molecule has 2 N–H and O–H groups in total. The van der Waals surface area contributed by atoms with Gasteiger partial charge in [-0.1, -0.05) is 25.3 Å². The van der Waals surface area contributed by atoms with Gasteiger partial charge in [-0.15, -0.1) is 0 Å². The smallest absolute Gasteiger partial charge is 0.0870 e. The van der Waals surface area contributed by atoms with E-state index in [0.717, 1.165) is 24.0 Å². The molecule has 2 rings (SSSR count). The van der Waals surface area contributed by atoms with E-state index in [1.54, 1.807) is 7.11 Å². The fraction of sp³-hybridized carbons (Fsp3) is 0.643. The molecule has 3 heteroatoms. The summed E-state index contributed by atoms with van der Waals surface area (Å²) in [5, 5.41) is 0. The summed E-state index contributed by atoms with van der Waals surface area (Å²) in [4.78, 5) is 4.23. The lowest BCUT2D eigenvalue weighted by Gasteiger charge is -2.40. The highest BCUT2D eigenvalue weighted by Gasteiger charge is 2.38. The Bertz CT molecular complexity index is 372. The number of hydrogen-bond donors (Lipinski definition) is 1. The van der Waals surface area contributed by atoms with Crippen LogP contribution in [0.1, 0.15) is 49.3 Å². The Kier molecular flexibility index (Phi) is 3.79. The number of pyridine rings is 1. The van der Waals surface area contributed by atoms with E-state index in [2.05, 4.69) is 11.1 Å². The standard InChI is InChI=1S/C14H22N2O/c1-11-8-12(10-16-9-11)13(15)14(17-2)6-4-3-5-7-14/h8-10,13H,3-7,15H2,1-2H3. The van der Waals surface area contributed by atoms with E-state index in [-0.39, 0.29) is 11.6 Å². The molecule has 3 nitrogen and oxygen atoms in total. The van der Waals surface area contributed by atoms with Gasteiger partial charge < -0.3 is 10.5 Å². The van der Waals surface area contributed by atoms with Gasteiger partial charge in [-0.3, -0.25) is 4.98 Å². The van der Waals surface area contributed by atoms with Crippen molar-refractivity contribution in [2.45, 2.75) is 50.7 Å². The molecule has 0 radical (unpaired) electrons. The molecule has 1 unspecified atom stereocenters. The molecule has 1 aromatic rings. The second kappa shape index (κ2) is 5.15. The van der Waals surface area contributed by atoms with Crippen LogP contribution < -0.4 is 5.73 Å². The molecule has 0 aromatic carbocycles. The monoisotopic (exact) mass is 234 g/mol. The van der Waals surface area contributed by atoms with Gasteiger partial charge in [0.15, 0.2) is 0 Å². The molecule has 1 aliphatic rings. The number of nitrogens with two attached hydrogens (primary N) is 1. The van der Waals surface area contributed by atoms with Crippen molar-refractivity contribution in [3.63, 3.8) is 0 Å². The Labute approximate surface area is 103 Å². The van der Waals surface area contributed by atoms with Gasteiger partial charge in [-0.2, -0.15) is 0 Å². The zero-order valence-corrected chi connectivity index (χ0v) is 10.8. The predicted molar refractivity (Wildman–Crippen MR) is 68.7 cm³/mol. The Morgan fingerprint density at radius 3 is 2.59 bits per heavy atom. The quantitative estimate of drug-likeness (QED) is 0.874. The topological polar surface area (TPSA) is 48.1 Å². The molecule has 0 spiro atoms. The predicted octanol–water partition coefficient (Wildman–Crippen LogP) is 2.74. The Morgan fingerprint density at radius 1 is 1.29 bits per heavy atom. The number of aromatic nitrogens is 1. The number of ether oxygens (including phenoxy) is 1. The number of methoxy groups -OCH3 is 1. The van der Waals surface area contributed by atoms with Crippen molar-refractivity contribution in [2.24, 2.45) is 5.73 Å². The molecule has 1 aromatic heterocycles. The summed E-state index contributed by atoms with van der Waals surface area (Å²) in [7, 11) is 1.79. The minimum Gasteiger partial charge on any atom is -0.376 e. The first-order valence-electron chi connectivity index (χ1n) is 6.40. The fourth-order valence-corrected chi connectivity index (χ4v) is 2.84. The van der Waals surface area contributed by atoms with Crippen LogP contribution >= 0.6 is 0 Å². The largest absolute Gasteiger partial charge is 0.376 e. The SMILES string of the molecule is COC1(C(N)c2cncc(C)c2)CCCCC1. The number of hydrogen-bond acceptors (Lipinski definition) is 3. The van der Waals surface area contributed by atoms with Crippen molar-refractivity contribution < 1.29 is 4.74 Å². The van der Waals surface area contributed by atoms with Gasteiger partial charge in [0, 0.05) is 19.5 Å². The molecule has 1 fully saturated rings. The third kappa shape index (κ3) is 2.50. The van der Waals surface area contributed by atoms with E-state index < -0.39 is 0 Å². The average molecular weight is 234 g/mol. The maximum Gasteiger partial charge on any atom is 0.0870 e. The number of aryl methyl sites for hydroxylation is 1. The number of nitrogens with zero attached hydrogens (tertiary/aromatic N) is 1. The minimum atomic E-state index is -0.187. The van der Waals surface area contributed by atoms with Crippen LogP contribution in [0, 0.1) is 6.92 Å². The molecular formula is C14H22N2O. The molecule has 0 bridgehead atoms. The van der Waals surface area contributed by atoms with Gasteiger partial charge in [0.2, 0.25) is 0 Å². The molecule has 94 valence electrons. The summed E-state index contributed by atoms with van der Waals surface area (Å²) >= 11 is 0. The summed E-state index contributed by atoms with van der Waals surface area (Å²) in [5.74, 6) is 0. The van der Waals surface area contributed by atoms with Crippen molar-refractivity contribution in [1.82, 2.24) is 4.98 Å². The average Bonchev–Trinajstić information content (AvgIpc) is 2.38.